The summed E-state index contributed by atoms with van der Waals surface area (Å²) in [7, 11) is 0. The van der Waals surface area contributed by atoms with Gasteiger partial charge in [0.05, 0.1) is 5.69 Å². The van der Waals surface area contributed by atoms with Gasteiger partial charge in [-0.2, -0.15) is 0 Å². The number of aromatic nitrogens is 1. The molecule has 1 aliphatic heterocycles. The summed E-state index contributed by atoms with van der Waals surface area (Å²) in [4.78, 5) is 6.89. The average Bonchev–Trinajstić information content (AvgIpc) is 2.25. The summed E-state index contributed by atoms with van der Waals surface area (Å²) >= 11 is 0. The SMILES string of the molecule is CC1CNC(C)(C)CN1Cc1ccccn1. The van der Waals surface area contributed by atoms with Gasteiger partial charge in [-0.1, -0.05) is 6.07 Å². The smallest absolute Gasteiger partial charge is 0.0544 e. The molecule has 0 spiro atoms. The van der Waals surface area contributed by atoms with Gasteiger partial charge in [-0.3, -0.25) is 9.88 Å². The summed E-state index contributed by atoms with van der Waals surface area (Å²) in [6.07, 6.45) is 1.87. The third kappa shape index (κ3) is 2.80. The van der Waals surface area contributed by atoms with Crippen LogP contribution < -0.4 is 5.32 Å². The van der Waals surface area contributed by atoms with Crippen molar-refractivity contribution in [1.82, 2.24) is 15.2 Å². The minimum atomic E-state index is 0.210. The van der Waals surface area contributed by atoms with Crippen LogP contribution in [0.15, 0.2) is 24.4 Å². The van der Waals surface area contributed by atoms with E-state index in [1.807, 2.05) is 12.3 Å². The van der Waals surface area contributed by atoms with Crippen LogP contribution in [0.2, 0.25) is 0 Å². The summed E-state index contributed by atoms with van der Waals surface area (Å²) in [5.74, 6) is 0. The number of piperazine rings is 1. The predicted molar refractivity (Wildman–Crippen MR) is 66.2 cm³/mol. The van der Waals surface area contributed by atoms with E-state index in [9.17, 15) is 0 Å². The molecule has 0 radical (unpaired) electrons. The molecule has 0 bridgehead atoms. The molecule has 0 saturated carbocycles. The average molecular weight is 219 g/mol. The first-order valence-electron chi connectivity index (χ1n) is 5.96. The second kappa shape index (κ2) is 4.52. The minimum Gasteiger partial charge on any atom is -0.309 e. The van der Waals surface area contributed by atoms with Crippen molar-refractivity contribution in [3.05, 3.63) is 30.1 Å². The molecule has 2 rings (SSSR count). The van der Waals surface area contributed by atoms with Gasteiger partial charge in [-0.25, -0.2) is 0 Å². The van der Waals surface area contributed by atoms with Crippen LogP contribution in [-0.4, -0.2) is 34.6 Å². The number of rotatable bonds is 2. The molecule has 3 heteroatoms. The van der Waals surface area contributed by atoms with Gasteiger partial charge >= 0.3 is 0 Å². The van der Waals surface area contributed by atoms with Gasteiger partial charge in [-0.15, -0.1) is 0 Å². The van der Waals surface area contributed by atoms with Crippen molar-refractivity contribution in [2.75, 3.05) is 13.1 Å². The maximum absolute atomic E-state index is 4.39. The summed E-state index contributed by atoms with van der Waals surface area (Å²) in [6.45, 7) is 9.86. The van der Waals surface area contributed by atoms with Crippen LogP contribution in [-0.2, 0) is 6.54 Å². The van der Waals surface area contributed by atoms with Crippen LogP contribution in [0, 0.1) is 0 Å². The number of hydrogen-bond donors (Lipinski definition) is 1. The lowest BCUT2D eigenvalue weighted by atomic mass is 9.99. The van der Waals surface area contributed by atoms with Crippen molar-refractivity contribution >= 4 is 0 Å². The fourth-order valence-electron chi connectivity index (χ4n) is 2.18. The van der Waals surface area contributed by atoms with Gasteiger partial charge < -0.3 is 5.32 Å². The third-order valence-corrected chi connectivity index (χ3v) is 3.19. The monoisotopic (exact) mass is 219 g/mol. The molecule has 1 aromatic rings. The molecule has 3 nitrogen and oxygen atoms in total. The Hall–Kier alpha value is -0.930. The number of nitrogens with zero attached hydrogens (tertiary/aromatic N) is 2. The Morgan fingerprint density at radius 3 is 3.00 bits per heavy atom. The number of nitrogens with one attached hydrogen (secondary N) is 1. The quantitative estimate of drug-likeness (QED) is 0.820. The molecular weight excluding hydrogens is 198 g/mol. The number of pyridine rings is 1. The molecule has 0 aliphatic carbocycles. The largest absolute Gasteiger partial charge is 0.309 e. The molecule has 88 valence electrons. The molecular formula is C13H21N3. The normalized spacial score (nSPS) is 25.6. The summed E-state index contributed by atoms with van der Waals surface area (Å²) in [6, 6.07) is 6.70. The zero-order valence-corrected chi connectivity index (χ0v) is 10.4. The van der Waals surface area contributed by atoms with Gasteiger partial charge in [0, 0.05) is 37.4 Å². The lowest BCUT2D eigenvalue weighted by Crippen LogP contribution is -2.60. The topological polar surface area (TPSA) is 28.2 Å². The van der Waals surface area contributed by atoms with Crippen LogP contribution in [0.5, 0.6) is 0 Å². The Morgan fingerprint density at radius 2 is 2.31 bits per heavy atom. The first kappa shape index (κ1) is 11.6. The van der Waals surface area contributed by atoms with E-state index in [-0.39, 0.29) is 5.54 Å². The fourth-order valence-corrected chi connectivity index (χ4v) is 2.18. The van der Waals surface area contributed by atoms with Crippen molar-refractivity contribution in [2.24, 2.45) is 0 Å². The molecule has 0 aromatic carbocycles. The van der Waals surface area contributed by atoms with Crippen molar-refractivity contribution in [3.63, 3.8) is 0 Å². The fraction of sp³-hybridized carbons (Fsp3) is 0.615. The lowest BCUT2D eigenvalue weighted by Gasteiger charge is -2.43. The Balaban J connectivity index is 2.03. The Bertz CT molecular complexity index is 334. The van der Waals surface area contributed by atoms with Crippen LogP contribution in [0.1, 0.15) is 26.5 Å². The van der Waals surface area contributed by atoms with E-state index in [0.29, 0.717) is 6.04 Å². The highest BCUT2D eigenvalue weighted by molar-refractivity contribution is 5.04. The highest BCUT2D eigenvalue weighted by Crippen LogP contribution is 2.16. The Kier molecular flexibility index (Phi) is 3.26. The highest BCUT2D eigenvalue weighted by atomic mass is 15.2. The van der Waals surface area contributed by atoms with Gasteiger partial charge in [0.15, 0.2) is 0 Å². The molecule has 1 aromatic heterocycles. The van der Waals surface area contributed by atoms with Crippen LogP contribution in [0.3, 0.4) is 0 Å². The van der Waals surface area contributed by atoms with E-state index in [2.05, 4.69) is 48.1 Å². The van der Waals surface area contributed by atoms with Crippen molar-refractivity contribution in [3.8, 4) is 0 Å². The summed E-state index contributed by atoms with van der Waals surface area (Å²) in [5, 5.41) is 3.56. The maximum atomic E-state index is 4.39. The van der Waals surface area contributed by atoms with E-state index in [1.165, 1.54) is 0 Å². The molecule has 1 fully saturated rings. The molecule has 1 atom stereocenters. The zero-order valence-electron chi connectivity index (χ0n) is 10.4. The first-order chi connectivity index (χ1) is 7.57. The maximum Gasteiger partial charge on any atom is 0.0544 e. The standard InChI is InChI=1S/C13H21N3/c1-11-8-15-13(2,3)10-16(11)9-12-6-4-5-7-14-12/h4-7,11,15H,8-10H2,1-3H3. The van der Waals surface area contributed by atoms with E-state index in [0.717, 1.165) is 25.3 Å². The molecule has 1 aliphatic rings. The van der Waals surface area contributed by atoms with E-state index in [4.69, 9.17) is 0 Å². The number of hydrogen-bond acceptors (Lipinski definition) is 3. The molecule has 1 N–H and O–H groups in total. The van der Waals surface area contributed by atoms with Crippen LogP contribution in [0.4, 0.5) is 0 Å². The van der Waals surface area contributed by atoms with Crippen LogP contribution >= 0.6 is 0 Å². The molecule has 1 saturated heterocycles. The Labute approximate surface area is 97.9 Å². The second-order valence-corrected chi connectivity index (χ2v) is 5.34. The lowest BCUT2D eigenvalue weighted by molar-refractivity contribution is 0.0965. The van der Waals surface area contributed by atoms with E-state index < -0.39 is 0 Å². The molecule has 1 unspecified atom stereocenters. The van der Waals surface area contributed by atoms with Gasteiger partial charge in [0.2, 0.25) is 0 Å². The second-order valence-electron chi connectivity index (χ2n) is 5.34. The van der Waals surface area contributed by atoms with Crippen molar-refractivity contribution in [2.45, 2.75) is 38.9 Å². The molecule has 16 heavy (non-hydrogen) atoms. The van der Waals surface area contributed by atoms with Crippen molar-refractivity contribution in [1.29, 1.82) is 0 Å². The zero-order chi connectivity index (χ0) is 11.6. The minimum absolute atomic E-state index is 0.210. The third-order valence-electron chi connectivity index (χ3n) is 3.19. The van der Waals surface area contributed by atoms with E-state index >= 15 is 0 Å². The summed E-state index contributed by atoms with van der Waals surface area (Å²) < 4.78 is 0. The van der Waals surface area contributed by atoms with Crippen LogP contribution in [0.25, 0.3) is 0 Å². The van der Waals surface area contributed by atoms with Gasteiger partial charge in [0.1, 0.15) is 0 Å². The van der Waals surface area contributed by atoms with Gasteiger partial charge in [0.25, 0.3) is 0 Å². The van der Waals surface area contributed by atoms with E-state index in [1.54, 1.807) is 0 Å². The Morgan fingerprint density at radius 1 is 1.50 bits per heavy atom. The molecule has 2 heterocycles. The first-order valence-corrected chi connectivity index (χ1v) is 5.96. The van der Waals surface area contributed by atoms with Crippen molar-refractivity contribution < 1.29 is 0 Å². The van der Waals surface area contributed by atoms with Gasteiger partial charge in [-0.05, 0) is 32.9 Å². The molecule has 0 amide bonds. The highest BCUT2D eigenvalue weighted by Gasteiger charge is 2.30. The predicted octanol–water partition coefficient (Wildman–Crippen LogP) is 1.65. The summed E-state index contributed by atoms with van der Waals surface area (Å²) in [5.41, 5.74) is 1.37.